The number of ether oxygens (including phenoxy) is 4. The molecule has 0 radical (unpaired) electrons. The Bertz CT molecular complexity index is 4460. The highest BCUT2D eigenvalue weighted by Crippen LogP contribution is 2.46. The molecule has 0 aromatic heterocycles. The summed E-state index contributed by atoms with van der Waals surface area (Å²) in [5.41, 5.74) is 28.2. The topological polar surface area (TPSA) is 36.9 Å². The molecule has 8 bridgehead atoms. The monoisotopic (exact) mass is 2100 g/mol. The number of fused-ring (bicyclic) bond motifs is 8. The van der Waals surface area contributed by atoms with Crippen LogP contribution >= 0.6 is 90.4 Å². The van der Waals surface area contributed by atoms with Gasteiger partial charge in [0.05, 0.1) is 26.4 Å². The smallest absolute Gasteiger partial charge is 0.126 e. The van der Waals surface area contributed by atoms with E-state index in [1.54, 1.807) is 0 Å². The number of unbranched alkanes of at least 4 members (excludes halogenated alkanes) is 28. The Morgan fingerprint density at radius 3 is 0.427 bits per heavy atom. The molecule has 124 heavy (non-hydrogen) atoms. The number of rotatable bonds is 48. The van der Waals surface area contributed by atoms with Gasteiger partial charge in [-0.15, -0.1) is 0 Å². The Labute approximate surface area is 800 Å². The minimum absolute atomic E-state index is 0.572. The van der Waals surface area contributed by atoms with Crippen LogP contribution in [0, 0.1) is 14.3 Å². The number of hydrogen-bond donors (Lipinski definition) is 0. The highest BCUT2D eigenvalue weighted by atomic mass is 127. The molecule has 4 nitrogen and oxygen atoms in total. The molecule has 0 fully saturated rings. The first-order chi connectivity index (χ1) is 61.0. The number of hydrogen-bond acceptors (Lipinski definition) is 4. The summed E-state index contributed by atoms with van der Waals surface area (Å²) in [5.74, 6) is 3.89. The fourth-order valence-electron chi connectivity index (χ4n) is 17.9. The van der Waals surface area contributed by atoms with Gasteiger partial charge in [-0.3, -0.25) is 0 Å². The first-order valence-electron chi connectivity index (χ1n) is 47.6. The average Bonchev–Trinajstić information content (AvgIpc) is 0.762. The maximum atomic E-state index is 7.76. The summed E-state index contributed by atoms with van der Waals surface area (Å²) in [6, 6.07) is 93.1. The van der Waals surface area contributed by atoms with Gasteiger partial charge in [-0.2, -0.15) is 0 Å². The van der Waals surface area contributed by atoms with E-state index in [2.05, 4.69) is 361 Å². The van der Waals surface area contributed by atoms with Crippen molar-refractivity contribution in [2.24, 2.45) is 0 Å². The van der Waals surface area contributed by atoms with E-state index in [9.17, 15) is 0 Å². The normalized spacial score (nSPS) is 11.9. The van der Waals surface area contributed by atoms with Crippen molar-refractivity contribution in [3.63, 3.8) is 0 Å². The largest absolute Gasteiger partial charge is 0.493 e. The molecule has 0 N–H and O–H groups in total. The SMILES string of the molecule is CCCCCCCCCCOc1c2cc(-c3ccc(-c4ccc(I)cc4)cc3)cc1Cc1cc(-c3ccc(-c4ccc(I)cc4)cc3)cc(c1OCCCCCCCCCC)Cc1cc(-c3ccc(-c4ccc(I)cc4)cc3)cc(c1OCCCCCCCCCC)Cc1cc(-c3ccc(-c4ccc(I)cc4)cc3)cc(c1OCCCCCCCCCC)C2. The number of benzene rings is 12. The minimum Gasteiger partial charge on any atom is -0.493 e. The van der Waals surface area contributed by atoms with Crippen LogP contribution in [0.3, 0.4) is 0 Å². The van der Waals surface area contributed by atoms with Crippen LogP contribution in [0.25, 0.3) is 89.0 Å². The fraction of sp³-hybridized carbons (Fsp3) is 0.379. The van der Waals surface area contributed by atoms with E-state index < -0.39 is 0 Å². The van der Waals surface area contributed by atoms with Gasteiger partial charge in [0.25, 0.3) is 0 Å². The zero-order chi connectivity index (χ0) is 85.9. The second-order valence-corrected chi connectivity index (χ2v) is 39.8. The standard InChI is InChI=1S/C116H132I4O4/c1-5-9-13-17-21-25-29-33-69-121-113-101-73-97(93-45-37-85(38-46-93)89-53-61-109(117)62-54-89)74-102(113)82-104-76-99(95-49-41-87(42-50-95)91-57-65-111(119)66-58-91)78-106(115(104)123-71-35-31-27-23-19-15-11-7-3)84-108-80-100(96-51-43-88(44-52-96)92-59-67-112(120)68-60-92)79-107(116(108)124-72-36-32-28-24-20-16-12-8-4)83-105-77-98(94-47-39-86(40-48-94)90-55-63-110(118)64-56-90)75-103(81-101)114(105)122-70-34-30-26-22-18-14-10-6-2/h37-68,73-80H,5-36,69-72,81-84H2,1-4H3. The second-order valence-electron chi connectivity index (χ2n) is 34.8. The van der Waals surface area contributed by atoms with Gasteiger partial charge in [0.15, 0.2) is 0 Å². The van der Waals surface area contributed by atoms with Gasteiger partial charge in [0.1, 0.15) is 23.0 Å². The van der Waals surface area contributed by atoms with Gasteiger partial charge >= 0.3 is 0 Å². The molecule has 0 amide bonds. The van der Waals surface area contributed by atoms with Gasteiger partial charge in [-0.05, 0) is 347 Å². The molecule has 1 aliphatic carbocycles. The summed E-state index contributed by atoms with van der Waals surface area (Å²) >= 11 is 9.68. The van der Waals surface area contributed by atoms with Gasteiger partial charge in [0.2, 0.25) is 0 Å². The van der Waals surface area contributed by atoms with E-state index in [0.717, 1.165) is 119 Å². The summed E-state index contributed by atoms with van der Waals surface area (Å²) in [6.45, 7) is 11.7. The first kappa shape index (κ1) is 94.4. The zero-order valence-electron chi connectivity index (χ0n) is 74.5. The average molecular weight is 2100 g/mol. The highest BCUT2D eigenvalue weighted by Gasteiger charge is 2.27. The molecule has 0 atom stereocenters. The van der Waals surface area contributed by atoms with Crippen molar-refractivity contribution < 1.29 is 18.9 Å². The molecule has 648 valence electrons. The Hall–Kier alpha value is -7.24. The first-order valence-corrected chi connectivity index (χ1v) is 51.9. The minimum atomic E-state index is 0.572. The molecular weight excluding hydrogens is 1960 g/mol. The maximum absolute atomic E-state index is 7.76. The van der Waals surface area contributed by atoms with Crippen LogP contribution in [0.2, 0.25) is 0 Å². The Balaban J connectivity index is 1.06. The predicted molar refractivity (Wildman–Crippen MR) is 564 cm³/mol. The molecule has 0 saturated heterocycles. The second kappa shape index (κ2) is 51.1. The Morgan fingerprint density at radius 2 is 0.282 bits per heavy atom. The third-order valence-electron chi connectivity index (χ3n) is 25.1. The molecule has 0 aliphatic heterocycles. The van der Waals surface area contributed by atoms with Crippen molar-refractivity contribution in [3.05, 3.63) is 301 Å². The Kier molecular flexibility index (Phi) is 38.9. The fourth-order valence-corrected chi connectivity index (χ4v) is 19.4. The predicted octanol–water partition coefficient (Wildman–Crippen LogP) is 36.2. The van der Waals surface area contributed by atoms with Crippen LogP contribution in [-0.4, -0.2) is 26.4 Å². The van der Waals surface area contributed by atoms with Gasteiger partial charge in [-0.25, -0.2) is 0 Å². The summed E-state index contributed by atoms with van der Waals surface area (Å²) < 4.78 is 36.0. The lowest BCUT2D eigenvalue weighted by Crippen LogP contribution is -2.11. The third-order valence-corrected chi connectivity index (χ3v) is 27.9. The van der Waals surface area contributed by atoms with Gasteiger partial charge < -0.3 is 18.9 Å². The lowest BCUT2D eigenvalue weighted by atomic mass is 9.86. The van der Waals surface area contributed by atoms with Crippen LogP contribution in [0.15, 0.2) is 243 Å². The van der Waals surface area contributed by atoms with E-state index >= 15 is 0 Å². The van der Waals surface area contributed by atoms with E-state index in [-0.39, 0.29) is 0 Å². The molecule has 0 unspecified atom stereocenters. The van der Waals surface area contributed by atoms with Crippen molar-refractivity contribution >= 4 is 90.4 Å². The molecule has 1 aliphatic rings. The molecule has 13 rings (SSSR count). The summed E-state index contributed by atoms with van der Waals surface area (Å²) in [4.78, 5) is 0. The van der Waals surface area contributed by atoms with Crippen molar-refractivity contribution in [2.75, 3.05) is 26.4 Å². The van der Waals surface area contributed by atoms with Gasteiger partial charge in [-0.1, -0.05) is 353 Å². The molecule has 8 heteroatoms. The molecule has 12 aromatic rings. The van der Waals surface area contributed by atoms with Crippen molar-refractivity contribution in [1.29, 1.82) is 0 Å². The maximum Gasteiger partial charge on any atom is 0.126 e. The van der Waals surface area contributed by atoms with E-state index in [1.807, 2.05) is 0 Å². The zero-order valence-corrected chi connectivity index (χ0v) is 83.2. The Morgan fingerprint density at radius 1 is 0.161 bits per heavy atom. The lowest BCUT2D eigenvalue weighted by Gasteiger charge is -2.25. The molecule has 0 spiro atoms. The van der Waals surface area contributed by atoms with Crippen molar-refractivity contribution in [3.8, 4) is 112 Å². The van der Waals surface area contributed by atoms with Crippen LogP contribution in [0.4, 0.5) is 0 Å². The van der Waals surface area contributed by atoms with Crippen LogP contribution in [0.5, 0.6) is 23.0 Å². The van der Waals surface area contributed by atoms with Crippen LogP contribution in [-0.2, 0) is 25.7 Å². The van der Waals surface area contributed by atoms with Crippen molar-refractivity contribution in [2.45, 2.75) is 259 Å². The molecule has 12 aromatic carbocycles. The van der Waals surface area contributed by atoms with E-state index in [1.165, 1.54) is 257 Å². The molecular formula is C116H132I4O4. The van der Waals surface area contributed by atoms with Crippen LogP contribution < -0.4 is 18.9 Å². The quantitative estimate of drug-likeness (QED) is 0.0281. The van der Waals surface area contributed by atoms with Gasteiger partial charge in [0, 0.05) is 40.0 Å². The number of halogens is 4. The van der Waals surface area contributed by atoms with E-state index in [0.29, 0.717) is 52.1 Å². The summed E-state index contributed by atoms with van der Waals surface area (Å²) in [7, 11) is 0. The molecule has 0 heterocycles. The van der Waals surface area contributed by atoms with Crippen molar-refractivity contribution in [1.82, 2.24) is 0 Å². The lowest BCUT2D eigenvalue weighted by molar-refractivity contribution is 0.293. The molecule has 0 saturated carbocycles. The van der Waals surface area contributed by atoms with Crippen LogP contribution in [0.1, 0.15) is 278 Å². The third kappa shape index (κ3) is 28.4. The van der Waals surface area contributed by atoms with E-state index in [4.69, 9.17) is 18.9 Å². The highest BCUT2D eigenvalue weighted by molar-refractivity contribution is 14.1. The summed E-state index contributed by atoms with van der Waals surface area (Å²) in [6.07, 6.45) is 41.2. The summed E-state index contributed by atoms with van der Waals surface area (Å²) in [5, 5.41) is 0.